The molecular weight excluding hydrogens is 536 g/mol. The summed E-state index contributed by atoms with van der Waals surface area (Å²) in [5.41, 5.74) is 1.94. The van der Waals surface area contributed by atoms with E-state index >= 15 is 0 Å². The van der Waals surface area contributed by atoms with Crippen LogP contribution in [0.15, 0.2) is 57.0 Å². The van der Waals surface area contributed by atoms with Gasteiger partial charge in [0.1, 0.15) is 0 Å². The fraction of sp³-hybridized carbons (Fsp3) is 0.538. The van der Waals surface area contributed by atoms with Gasteiger partial charge in [0.15, 0.2) is 0 Å². The molecule has 1 aliphatic carbocycles. The highest BCUT2D eigenvalue weighted by molar-refractivity contribution is 9.11. The molecular formula is C26H36Br2O4. The van der Waals surface area contributed by atoms with Crippen molar-refractivity contribution in [2.24, 2.45) is 0 Å². The monoisotopic (exact) mass is 570 g/mol. The lowest BCUT2D eigenvalue weighted by molar-refractivity contribution is -0.201. The Balaban J connectivity index is 2.56. The molecule has 0 spiro atoms. The maximum atomic E-state index is 6.35. The average Bonchev–Trinajstić information content (AvgIpc) is 2.80. The Kier molecular flexibility index (Phi) is 11.9. The third-order valence-corrected chi connectivity index (χ3v) is 6.12. The zero-order valence-electron chi connectivity index (χ0n) is 19.7. The summed E-state index contributed by atoms with van der Waals surface area (Å²) in [4.78, 5) is 0. The average molecular weight is 572 g/mol. The third-order valence-electron chi connectivity index (χ3n) is 4.81. The predicted molar refractivity (Wildman–Crippen MR) is 139 cm³/mol. The minimum Gasteiger partial charge on any atom is -0.343 e. The molecule has 2 rings (SSSR count). The number of hydrogen-bond acceptors (Lipinski definition) is 4. The fourth-order valence-corrected chi connectivity index (χ4v) is 4.13. The Morgan fingerprint density at radius 2 is 1.12 bits per heavy atom. The van der Waals surface area contributed by atoms with Crippen molar-refractivity contribution in [3.05, 3.63) is 62.6 Å². The van der Waals surface area contributed by atoms with E-state index in [1.807, 2.05) is 30.4 Å². The molecule has 0 unspecified atom stereocenters. The van der Waals surface area contributed by atoms with Crippen molar-refractivity contribution >= 4 is 37.9 Å². The van der Waals surface area contributed by atoms with Crippen LogP contribution in [0.4, 0.5) is 0 Å². The van der Waals surface area contributed by atoms with Gasteiger partial charge in [0, 0.05) is 10.0 Å². The van der Waals surface area contributed by atoms with Crippen molar-refractivity contribution in [1.82, 2.24) is 0 Å². The lowest BCUT2D eigenvalue weighted by atomic mass is 9.93. The fourth-order valence-electron chi connectivity index (χ4n) is 3.22. The third kappa shape index (κ3) is 7.37. The van der Waals surface area contributed by atoms with E-state index in [1.165, 1.54) is 0 Å². The minimum absolute atomic E-state index is 0.572. The molecule has 1 aromatic carbocycles. The van der Waals surface area contributed by atoms with Crippen LogP contribution in [0.2, 0.25) is 0 Å². The Morgan fingerprint density at radius 3 is 1.59 bits per heavy atom. The standard InChI is InChI=1S/C26H36Br2O4/c1-5-15-29-25(30-16-6-2)20-24(28)26(31-17-7-3,32-18-8-4)19-22(25)12-9-21-10-13-23(27)14-11-21/h9-14,19-20H,5-8,15-18H2,1-4H3/b12-9+. The lowest BCUT2D eigenvalue weighted by Gasteiger charge is -2.41. The SMILES string of the molecule is CCCOC1(OCCC)C=C(/C=C/c2ccc(Br)cc2)C(OCCC)(OCCC)C=C1Br. The molecule has 0 saturated carbocycles. The molecule has 32 heavy (non-hydrogen) atoms. The van der Waals surface area contributed by atoms with Gasteiger partial charge in [-0.3, -0.25) is 0 Å². The second-order valence-electron chi connectivity index (χ2n) is 7.71. The topological polar surface area (TPSA) is 36.9 Å². The first-order valence-corrected chi connectivity index (χ1v) is 13.2. The van der Waals surface area contributed by atoms with E-state index in [2.05, 4.69) is 77.8 Å². The van der Waals surface area contributed by atoms with Crippen LogP contribution in [0, 0.1) is 0 Å². The van der Waals surface area contributed by atoms with Crippen LogP contribution in [0.5, 0.6) is 0 Å². The van der Waals surface area contributed by atoms with Crippen LogP contribution in [0.3, 0.4) is 0 Å². The molecule has 0 bridgehead atoms. The molecule has 0 aromatic heterocycles. The second-order valence-corrected chi connectivity index (χ2v) is 9.48. The second kappa shape index (κ2) is 13.8. The molecule has 4 nitrogen and oxygen atoms in total. The summed E-state index contributed by atoms with van der Waals surface area (Å²) >= 11 is 7.24. The number of rotatable bonds is 14. The van der Waals surface area contributed by atoms with Crippen LogP contribution in [-0.4, -0.2) is 38.0 Å². The van der Waals surface area contributed by atoms with Gasteiger partial charge in [-0.25, -0.2) is 0 Å². The Hall–Kier alpha value is -0.760. The van der Waals surface area contributed by atoms with Gasteiger partial charge >= 0.3 is 0 Å². The number of benzene rings is 1. The van der Waals surface area contributed by atoms with Crippen LogP contribution >= 0.6 is 31.9 Å². The molecule has 0 saturated heterocycles. The molecule has 0 radical (unpaired) electrons. The minimum atomic E-state index is -1.01. The van der Waals surface area contributed by atoms with Crippen molar-refractivity contribution in [2.75, 3.05) is 26.4 Å². The van der Waals surface area contributed by atoms with E-state index in [4.69, 9.17) is 18.9 Å². The molecule has 0 N–H and O–H groups in total. The van der Waals surface area contributed by atoms with Crippen LogP contribution in [-0.2, 0) is 18.9 Å². The highest BCUT2D eigenvalue weighted by Crippen LogP contribution is 2.43. The number of ether oxygens (including phenoxy) is 4. The molecule has 0 amide bonds. The Bertz CT molecular complexity index is 768. The molecule has 1 aromatic rings. The summed E-state index contributed by atoms with van der Waals surface area (Å²) in [6, 6.07) is 8.18. The van der Waals surface area contributed by atoms with Gasteiger partial charge in [0.05, 0.1) is 30.9 Å². The Labute approximate surface area is 210 Å². The summed E-state index contributed by atoms with van der Waals surface area (Å²) in [6.07, 6.45) is 11.6. The van der Waals surface area contributed by atoms with Gasteiger partial charge in [-0.15, -0.1) is 0 Å². The highest BCUT2D eigenvalue weighted by atomic mass is 79.9. The summed E-state index contributed by atoms with van der Waals surface area (Å²) in [5.74, 6) is -2.01. The zero-order valence-corrected chi connectivity index (χ0v) is 22.8. The summed E-state index contributed by atoms with van der Waals surface area (Å²) < 4.78 is 27.0. The summed E-state index contributed by atoms with van der Waals surface area (Å²) in [6.45, 7) is 10.7. The van der Waals surface area contributed by atoms with E-state index in [0.29, 0.717) is 26.4 Å². The van der Waals surface area contributed by atoms with Gasteiger partial charge < -0.3 is 18.9 Å². The van der Waals surface area contributed by atoms with Crippen molar-refractivity contribution in [1.29, 1.82) is 0 Å². The summed E-state index contributed by atoms with van der Waals surface area (Å²) in [7, 11) is 0. The molecule has 0 aliphatic heterocycles. The van der Waals surface area contributed by atoms with E-state index in [0.717, 1.165) is 45.8 Å². The van der Waals surface area contributed by atoms with Gasteiger partial charge in [-0.1, -0.05) is 67.9 Å². The Morgan fingerprint density at radius 1 is 0.656 bits per heavy atom. The largest absolute Gasteiger partial charge is 0.343 e. The van der Waals surface area contributed by atoms with Gasteiger partial charge in [-0.2, -0.15) is 0 Å². The zero-order chi connectivity index (χ0) is 23.5. The summed E-state index contributed by atoms with van der Waals surface area (Å²) in [5, 5.41) is 0. The van der Waals surface area contributed by atoms with E-state index in [1.54, 1.807) is 0 Å². The van der Waals surface area contributed by atoms with Crippen molar-refractivity contribution < 1.29 is 18.9 Å². The number of hydrogen-bond donors (Lipinski definition) is 0. The van der Waals surface area contributed by atoms with Crippen molar-refractivity contribution in [2.45, 2.75) is 65.0 Å². The molecule has 6 heteroatoms. The van der Waals surface area contributed by atoms with E-state index < -0.39 is 11.6 Å². The van der Waals surface area contributed by atoms with Crippen molar-refractivity contribution in [3.63, 3.8) is 0 Å². The van der Waals surface area contributed by atoms with Crippen LogP contribution < -0.4 is 0 Å². The van der Waals surface area contributed by atoms with E-state index in [9.17, 15) is 0 Å². The molecule has 0 heterocycles. The molecule has 1 aliphatic rings. The van der Waals surface area contributed by atoms with Crippen LogP contribution in [0.1, 0.15) is 58.9 Å². The molecule has 0 atom stereocenters. The van der Waals surface area contributed by atoms with Crippen LogP contribution in [0.25, 0.3) is 6.08 Å². The quantitative estimate of drug-likeness (QED) is 0.214. The molecule has 178 valence electrons. The maximum absolute atomic E-state index is 6.35. The highest BCUT2D eigenvalue weighted by Gasteiger charge is 2.46. The van der Waals surface area contributed by atoms with E-state index in [-0.39, 0.29) is 0 Å². The first-order valence-electron chi connectivity index (χ1n) is 11.6. The smallest absolute Gasteiger partial charge is 0.222 e. The number of halogens is 2. The predicted octanol–water partition coefficient (Wildman–Crippen LogP) is 7.78. The van der Waals surface area contributed by atoms with Gasteiger partial charge in [0.2, 0.25) is 11.6 Å². The van der Waals surface area contributed by atoms with Gasteiger partial charge in [0.25, 0.3) is 0 Å². The van der Waals surface area contributed by atoms with Gasteiger partial charge in [-0.05, 0) is 71.5 Å². The molecule has 0 fully saturated rings. The first-order chi connectivity index (χ1) is 15.4. The van der Waals surface area contributed by atoms with Crippen molar-refractivity contribution in [3.8, 4) is 0 Å². The lowest BCUT2D eigenvalue weighted by Crippen LogP contribution is -2.46. The first kappa shape index (κ1) is 27.5. The normalized spacial score (nSPS) is 17.4. The maximum Gasteiger partial charge on any atom is 0.222 e.